The largest absolute Gasteiger partial charge is 0.456 e. The van der Waals surface area contributed by atoms with Gasteiger partial charge >= 0.3 is 17.9 Å². The van der Waals surface area contributed by atoms with Crippen LogP contribution in [0.2, 0.25) is 0 Å². The molecule has 0 saturated heterocycles. The molecule has 0 spiro atoms. The smallest absolute Gasteiger partial charge is 0.309 e. The molecule has 1 aliphatic carbocycles. The van der Waals surface area contributed by atoms with Crippen LogP contribution in [0.15, 0.2) is 0 Å². The van der Waals surface area contributed by atoms with Gasteiger partial charge in [-0.1, -0.05) is 27.7 Å². The Balaban J connectivity index is 3.21. The number of ether oxygens (including phenoxy) is 3. The molecule has 0 aromatic heterocycles. The van der Waals surface area contributed by atoms with E-state index >= 15 is 0 Å². The van der Waals surface area contributed by atoms with Gasteiger partial charge in [-0.15, -0.1) is 0 Å². The second-order valence-corrected chi connectivity index (χ2v) is 6.81. The topological polar surface area (TPSA) is 140 Å². The molecule has 3 N–H and O–H groups in total. The Morgan fingerprint density at radius 1 is 0.808 bits per heavy atom. The number of aliphatic hydroxyl groups is 3. The molecular weight excluding hydrogens is 348 g/mol. The van der Waals surface area contributed by atoms with Crippen molar-refractivity contribution >= 4 is 17.9 Å². The zero-order valence-corrected chi connectivity index (χ0v) is 15.6. The van der Waals surface area contributed by atoms with Crippen LogP contribution in [0.5, 0.6) is 0 Å². The van der Waals surface area contributed by atoms with Gasteiger partial charge in [0, 0.05) is 6.92 Å². The minimum atomic E-state index is -1.76. The summed E-state index contributed by atoms with van der Waals surface area (Å²) in [7, 11) is 0. The molecule has 9 heteroatoms. The van der Waals surface area contributed by atoms with Gasteiger partial charge in [0.25, 0.3) is 0 Å². The highest BCUT2D eigenvalue weighted by Gasteiger charge is 2.55. The fourth-order valence-corrected chi connectivity index (χ4v) is 2.45. The molecule has 1 rings (SSSR count). The first-order valence-corrected chi connectivity index (χ1v) is 8.63. The summed E-state index contributed by atoms with van der Waals surface area (Å²) in [5.74, 6) is -3.23. The lowest BCUT2D eigenvalue weighted by molar-refractivity contribution is -0.249. The molecule has 26 heavy (non-hydrogen) atoms. The zero-order valence-electron chi connectivity index (χ0n) is 15.6. The average Bonchev–Trinajstić information content (AvgIpc) is 2.58. The fraction of sp³-hybridized carbons (Fsp3) is 0.824. The molecule has 0 bridgehead atoms. The van der Waals surface area contributed by atoms with Crippen molar-refractivity contribution in [2.75, 3.05) is 0 Å². The molecule has 1 aliphatic rings. The molecule has 0 unspecified atom stereocenters. The second kappa shape index (κ2) is 9.29. The monoisotopic (exact) mass is 376 g/mol. The van der Waals surface area contributed by atoms with Crippen LogP contribution in [-0.4, -0.2) is 69.9 Å². The van der Waals surface area contributed by atoms with Crippen molar-refractivity contribution in [3.63, 3.8) is 0 Å². The number of carbonyl (C=O) groups excluding carboxylic acids is 3. The van der Waals surface area contributed by atoms with E-state index in [9.17, 15) is 29.7 Å². The number of esters is 3. The highest BCUT2D eigenvalue weighted by atomic mass is 16.6. The number of hydrogen-bond acceptors (Lipinski definition) is 9. The molecule has 9 nitrogen and oxygen atoms in total. The van der Waals surface area contributed by atoms with Gasteiger partial charge in [0.2, 0.25) is 0 Å². The van der Waals surface area contributed by atoms with Gasteiger partial charge < -0.3 is 29.5 Å². The molecule has 1 fully saturated rings. The Morgan fingerprint density at radius 2 is 1.27 bits per heavy atom. The third-order valence-corrected chi connectivity index (χ3v) is 4.31. The fourth-order valence-electron chi connectivity index (χ4n) is 2.45. The summed E-state index contributed by atoms with van der Waals surface area (Å²) in [5, 5.41) is 30.5. The summed E-state index contributed by atoms with van der Waals surface area (Å²) < 4.78 is 15.5. The molecule has 7 atom stereocenters. The Bertz CT molecular complexity index is 518. The average molecular weight is 376 g/mol. The molecule has 150 valence electrons. The number of hydrogen-bond donors (Lipinski definition) is 3. The SMILES string of the molecule is CC[C@@H](C)C(=O)O[C@H]1[C@@H](OC(=O)C(C)C)[C@H](O)[C@@H](O)[C@H](O)[C@@H]1OC(C)=O. The standard InChI is InChI=1S/C17H28O9/c1-6-8(4)17(23)26-15-13(24-9(5)18)11(20)10(19)12(21)14(15)25-16(22)7(2)3/h7-8,10-15,19-21H,6H2,1-5H3/t8-,10+,11+,12-,13+,14+,15-/m1/s1. The lowest BCUT2D eigenvalue weighted by Crippen LogP contribution is -2.66. The summed E-state index contributed by atoms with van der Waals surface area (Å²) in [6, 6.07) is 0. The van der Waals surface area contributed by atoms with Crippen LogP contribution in [0, 0.1) is 11.8 Å². The molecular formula is C17H28O9. The summed E-state index contributed by atoms with van der Waals surface area (Å²) in [5.41, 5.74) is 0. The first-order chi connectivity index (χ1) is 12.0. The Kier molecular flexibility index (Phi) is 7.98. The zero-order chi connectivity index (χ0) is 20.2. The first kappa shape index (κ1) is 22.3. The van der Waals surface area contributed by atoms with Gasteiger partial charge in [-0.25, -0.2) is 0 Å². The molecule has 0 amide bonds. The molecule has 0 aromatic carbocycles. The quantitative estimate of drug-likeness (QED) is 0.415. The van der Waals surface area contributed by atoms with Crippen molar-refractivity contribution in [2.45, 2.75) is 77.7 Å². The minimum Gasteiger partial charge on any atom is -0.456 e. The van der Waals surface area contributed by atoms with Crippen molar-refractivity contribution in [3.8, 4) is 0 Å². The van der Waals surface area contributed by atoms with E-state index in [1.807, 2.05) is 0 Å². The van der Waals surface area contributed by atoms with Crippen LogP contribution < -0.4 is 0 Å². The van der Waals surface area contributed by atoms with Gasteiger partial charge in [0.1, 0.15) is 18.3 Å². The lowest BCUT2D eigenvalue weighted by atomic mass is 9.84. The van der Waals surface area contributed by atoms with Gasteiger partial charge in [0.15, 0.2) is 18.3 Å². The highest BCUT2D eigenvalue weighted by Crippen LogP contribution is 2.30. The molecule has 0 aliphatic heterocycles. The van der Waals surface area contributed by atoms with E-state index in [0.29, 0.717) is 6.42 Å². The maximum absolute atomic E-state index is 12.2. The lowest BCUT2D eigenvalue weighted by Gasteiger charge is -2.44. The van der Waals surface area contributed by atoms with Crippen molar-refractivity contribution in [2.24, 2.45) is 11.8 Å². The van der Waals surface area contributed by atoms with Gasteiger partial charge in [0.05, 0.1) is 11.8 Å². The third kappa shape index (κ3) is 5.15. The van der Waals surface area contributed by atoms with E-state index in [0.717, 1.165) is 6.92 Å². The second-order valence-electron chi connectivity index (χ2n) is 6.81. The van der Waals surface area contributed by atoms with Crippen molar-refractivity contribution in [1.82, 2.24) is 0 Å². The molecule has 0 radical (unpaired) electrons. The van der Waals surface area contributed by atoms with Crippen LogP contribution in [0.4, 0.5) is 0 Å². The predicted octanol–water partition coefficient (Wildman–Crippen LogP) is -0.460. The Labute approximate surface area is 152 Å². The summed E-state index contributed by atoms with van der Waals surface area (Å²) in [6.45, 7) is 7.58. The molecule has 0 heterocycles. The van der Waals surface area contributed by atoms with Crippen molar-refractivity contribution in [1.29, 1.82) is 0 Å². The van der Waals surface area contributed by atoms with E-state index in [1.165, 1.54) is 0 Å². The van der Waals surface area contributed by atoms with Crippen molar-refractivity contribution in [3.05, 3.63) is 0 Å². The van der Waals surface area contributed by atoms with E-state index in [-0.39, 0.29) is 0 Å². The van der Waals surface area contributed by atoms with E-state index in [2.05, 4.69) is 0 Å². The Hall–Kier alpha value is -1.71. The van der Waals surface area contributed by atoms with E-state index in [4.69, 9.17) is 14.2 Å². The molecule has 0 aromatic rings. The van der Waals surface area contributed by atoms with Crippen LogP contribution in [0.25, 0.3) is 0 Å². The highest BCUT2D eigenvalue weighted by molar-refractivity contribution is 5.73. The summed E-state index contributed by atoms with van der Waals surface area (Å²) in [4.78, 5) is 35.6. The van der Waals surface area contributed by atoms with Crippen LogP contribution in [-0.2, 0) is 28.6 Å². The maximum Gasteiger partial charge on any atom is 0.309 e. The first-order valence-electron chi connectivity index (χ1n) is 8.63. The van der Waals surface area contributed by atoms with Crippen LogP contribution in [0.1, 0.15) is 41.0 Å². The summed E-state index contributed by atoms with van der Waals surface area (Å²) >= 11 is 0. The number of aliphatic hydroxyl groups excluding tert-OH is 3. The minimum absolute atomic E-state index is 0.466. The number of rotatable bonds is 6. The summed E-state index contributed by atoms with van der Waals surface area (Å²) in [6.07, 6.45) is -9.20. The third-order valence-electron chi connectivity index (χ3n) is 4.31. The van der Waals surface area contributed by atoms with Gasteiger partial charge in [-0.3, -0.25) is 14.4 Å². The normalized spacial score (nSPS) is 32.7. The van der Waals surface area contributed by atoms with Crippen LogP contribution in [0.3, 0.4) is 0 Å². The predicted molar refractivity (Wildman–Crippen MR) is 87.6 cm³/mol. The van der Waals surface area contributed by atoms with Gasteiger partial charge in [-0.2, -0.15) is 0 Å². The van der Waals surface area contributed by atoms with Crippen molar-refractivity contribution < 1.29 is 43.9 Å². The van der Waals surface area contributed by atoms with E-state index in [1.54, 1.807) is 27.7 Å². The molecule has 1 saturated carbocycles. The number of carbonyl (C=O) groups is 3. The maximum atomic E-state index is 12.2. The van der Waals surface area contributed by atoms with Gasteiger partial charge in [-0.05, 0) is 6.42 Å². The van der Waals surface area contributed by atoms with Crippen LogP contribution >= 0.6 is 0 Å². The van der Waals surface area contributed by atoms with E-state index < -0.39 is 66.4 Å². The Morgan fingerprint density at radius 3 is 1.69 bits per heavy atom.